The Bertz CT molecular complexity index is 839. The normalized spacial score (nSPS) is 19.3. The maximum absolute atomic E-state index is 12.1. The van der Waals surface area contributed by atoms with Crippen LogP contribution in [0.2, 0.25) is 0 Å². The van der Waals surface area contributed by atoms with E-state index in [0.29, 0.717) is 12.4 Å². The largest absolute Gasteiger partial charge is 0.379 e. The van der Waals surface area contributed by atoms with Crippen LogP contribution < -0.4 is 0 Å². The number of aliphatic hydroxyl groups excluding tert-OH is 1. The standard InChI is InChI=1S/C22H25N3O2/c1-24-16-14-23-20(24)21(26)25-15-8-13-19(25)22(27,17-9-4-2-5-10-17)18-11-6-3-7-12-18/h2-7,9-12,14,16,19,21,26-27H,8,13,15H2,1H3. The van der Waals surface area contributed by atoms with Crippen molar-refractivity contribution >= 4 is 0 Å². The predicted octanol–water partition coefficient (Wildman–Crippen LogP) is 2.81. The average molecular weight is 363 g/mol. The fourth-order valence-electron chi connectivity index (χ4n) is 4.24. The van der Waals surface area contributed by atoms with Gasteiger partial charge in [-0.3, -0.25) is 4.90 Å². The van der Waals surface area contributed by atoms with Crippen molar-refractivity contribution in [2.45, 2.75) is 30.7 Å². The van der Waals surface area contributed by atoms with E-state index in [0.717, 1.165) is 24.0 Å². The zero-order valence-electron chi connectivity index (χ0n) is 15.4. The Kier molecular flexibility index (Phi) is 4.83. The van der Waals surface area contributed by atoms with Crippen LogP contribution in [0, 0.1) is 0 Å². The van der Waals surface area contributed by atoms with Crippen LogP contribution in [0.1, 0.15) is 36.0 Å². The molecule has 2 unspecified atom stereocenters. The Morgan fingerprint density at radius 3 is 2.15 bits per heavy atom. The van der Waals surface area contributed by atoms with Crippen LogP contribution in [-0.4, -0.2) is 37.3 Å². The molecule has 140 valence electrons. The third kappa shape index (κ3) is 3.08. The van der Waals surface area contributed by atoms with Crippen LogP contribution in [0.15, 0.2) is 73.1 Å². The average Bonchev–Trinajstić information content (AvgIpc) is 3.37. The van der Waals surface area contributed by atoms with Gasteiger partial charge in [-0.25, -0.2) is 4.98 Å². The summed E-state index contributed by atoms with van der Waals surface area (Å²) in [4.78, 5) is 6.29. The Morgan fingerprint density at radius 1 is 1.04 bits per heavy atom. The first-order valence-electron chi connectivity index (χ1n) is 9.37. The summed E-state index contributed by atoms with van der Waals surface area (Å²) >= 11 is 0. The number of imidazole rings is 1. The first-order chi connectivity index (χ1) is 13.1. The van der Waals surface area contributed by atoms with Gasteiger partial charge in [0.05, 0.1) is 0 Å². The van der Waals surface area contributed by atoms with E-state index in [4.69, 9.17) is 0 Å². The molecule has 2 N–H and O–H groups in total. The summed E-state index contributed by atoms with van der Waals surface area (Å²) in [5, 5.41) is 23.1. The quantitative estimate of drug-likeness (QED) is 0.732. The number of nitrogens with zero attached hydrogens (tertiary/aromatic N) is 3. The molecule has 0 aliphatic carbocycles. The monoisotopic (exact) mass is 363 g/mol. The van der Waals surface area contributed by atoms with Crippen LogP contribution in [0.25, 0.3) is 0 Å². The molecule has 3 aromatic rings. The Morgan fingerprint density at radius 2 is 1.63 bits per heavy atom. The molecule has 1 fully saturated rings. The zero-order chi connectivity index (χ0) is 18.9. The van der Waals surface area contributed by atoms with Crippen molar-refractivity contribution in [2.75, 3.05) is 6.54 Å². The Labute approximate surface area is 159 Å². The molecular weight excluding hydrogens is 338 g/mol. The SMILES string of the molecule is Cn1ccnc1C(O)N1CCCC1C(O)(c1ccccc1)c1ccccc1. The molecule has 5 heteroatoms. The van der Waals surface area contributed by atoms with Gasteiger partial charge in [-0.15, -0.1) is 0 Å². The lowest BCUT2D eigenvalue weighted by Gasteiger charge is -2.41. The third-order valence-corrected chi connectivity index (χ3v) is 5.61. The van der Waals surface area contributed by atoms with Crippen LogP contribution in [-0.2, 0) is 12.6 Å². The smallest absolute Gasteiger partial charge is 0.166 e. The number of aryl methyl sites for hydroxylation is 1. The maximum Gasteiger partial charge on any atom is 0.166 e. The second-order valence-corrected chi connectivity index (χ2v) is 7.16. The highest BCUT2D eigenvalue weighted by molar-refractivity contribution is 5.38. The maximum atomic E-state index is 12.1. The Hall–Kier alpha value is -2.47. The lowest BCUT2D eigenvalue weighted by Crippen LogP contribution is -2.49. The van der Waals surface area contributed by atoms with Crippen molar-refractivity contribution in [2.24, 2.45) is 7.05 Å². The summed E-state index contributed by atoms with van der Waals surface area (Å²) in [5.41, 5.74) is 0.450. The van der Waals surface area contributed by atoms with Crippen LogP contribution in [0.5, 0.6) is 0 Å². The number of aliphatic hydroxyl groups is 2. The van der Waals surface area contributed by atoms with Crippen molar-refractivity contribution in [1.82, 2.24) is 14.5 Å². The molecule has 2 heterocycles. The van der Waals surface area contributed by atoms with Crippen LogP contribution in [0.3, 0.4) is 0 Å². The van der Waals surface area contributed by atoms with Crippen molar-refractivity contribution in [3.63, 3.8) is 0 Å². The van der Waals surface area contributed by atoms with E-state index in [-0.39, 0.29) is 6.04 Å². The van der Waals surface area contributed by atoms with Gasteiger partial charge in [0.2, 0.25) is 0 Å². The van der Waals surface area contributed by atoms with Gasteiger partial charge in [-0.05, 0) is 24.0 Å². The number of rotatable bonds is 5. The summed E-state index contributed by atoms with van der Waals surface area (Å²) < 4.78 is 1.82. The van der Waals surface area contributed by atoms with E-state index in [1.165, 1.54) is 0 Å². The molecule has 5 nitrogen and oxygen atoms in total. The molecule has 0 radical (unpaired) electrons. The molecule has 2 aromatic carbocycles. The van der Waals surface area contributed by atoms with Gasteiger partial charge in [-0.1, -0.05) is 60.7 Å². The number of hydrogen-bond acceptors (Lipinski definition) is 4. The molecule has 27 heavy (non-hydrogen) atoms. The highest BCUT2D eigenvalue weighted by atomic mass is 16.3. The van der Waals surface area contributed by atoms with Crippen molar-refractivity contribution < 1.29 is 10.2 Å². The first kappa shape index (κ1) is 17.9. The summed E-state index contributed by atoms with van der Waals surface area (Å²) in [6.45, 7) is 0.709. The summed E-state index contributed by atoms with van der Waals surface area (Å²) in [6.07, 6.45) is 4.35. The minimum Gasteiger partial charge on any atom is -0.379 e. The summed E-state index contributed by atoms with van der Waals surface area (Å²) in [7, 11) is 1.87. The number of hydrogen-bond donors (Lipinski definition) is 2. The molecular formula is C22H25N3O2. The molecule has 1 aliphatic heterocycles. The van der Waals surface area contributed by atoms with E-state index in [1.807, 2.05) is 83.4 Å². The fraction of sp³-hybridized carbons (Fsp3) is 0.318. The van der Waals surface area contributed by atoms with Gasteiger partial charge >= 0.3 is 0 Å². The topological polar surface area (TPSA) is 61.5 Å². The number of aromatic nitrogens is 2. The van der Waals surface area contributed by atoms with Gasteiger partial charge in [0.15, 0.2) is 12.1 Å². The van der Waals surface area contributed by atoms with E-state index in [9.17, 15) is 10.2 Å². The molecule has 0 saturated carbocycles. The molecule has 0 spiro atoms. The molecule has 1 aromatic heterocycles. The lowest BCUT2D eigenvalue weighted by molar-refractivity contribution is -0.0813. The summed E-state index contributed by atoms with van der Waals surface area (Å²) in [5.74, 6) is 0.588. The second kappa shape index (κ2) is 7.27. The van der Waals surface area contributed by atoms with Crippen LogP contribution >= 0.6 is 0 Å². The van der Waals surface area contributed by atoms with Crippen molar-refractivity contribution in [3.8, 4) is 0 Å². The fourth-order valence-corrected chi connectivity index (χ4v) is 4.24. The molecule has 2 atom stereocenters. The van der Waals surface area contributed by atoms with E-state index in [2.05, 4.69) is 4.98 Å². The first-order valence-corrected chi connectivity index (χ1v) is 9.37. The predicted molar refractivity (Wildman–Crippen MR) is 104 cm³/mol. The van der Waals surface area contributed by atoms with Gasteiger partial charge in [0.1, 0.15) is 5.60 Å². The minimum absolute atomic E-state index is 0.256. The highest BCUT2D eigenvalue weighted by Crippen LogP contribution is 2.42. The minimum atomic E-state index is -1.22. The highest BCUT2D eigenvalue weighted by Gasteiger charge is 2.47. The molecule has 1 saturated heterocycles. The van der Waals surface area contributed by atoms with E-state index < -0.39 is 11.8 Å². The zero-order valence-corrected chi connectivity index (χ0v) is 15.4. The van der Waals surface area contributed by atoms with Crippen LogP contribution in [0.4, 0.5) is 0 Å². The molecule has 0 amide bonds. The van der Waals surface area contributed by atoms with Crippen molar-refractivity contribution in [3.05, 3.63) is 90.0 Å². The number of benzene rings is 2. The summed E-state index contributed by atoms with van der Waals surface area (Å²) in [6, 6.07) is 19.2. The molecule has 4 rings (SSSR count). The second-order valence-electron chi connectivity index (χ2n) is 7.16. The molecule has 0 bridgehead atoms. The van der Waals surface area contributed by atoms with E-state index >= 15 is 0 Å². The van der Waals surface area contributed by atoms with Crippen molar-refractivity contribution in [1.29, 1.82) is 0 Å². The lowest BCUT2D eigenvalue weighted by atomic mass is 9.79. The Balaban J connectivity index is 1.79. The third-order valence-electron chi connectivity index (χ3n) is 5.61. The molecule has 1 aliphatic rings. The van der Waals surface area contributed by atoms with E-state index in [1.54, 1.807) is 6.20 Å². The van der Waals surface area contributed by atoms with Gasteiger partial charge < -0.3 is 14.8 Å². The van der Waals surface area contributed by atoms with Gasteiger partial charge in [0.25, 0.3) is 0 Å². The van der Waals surface area contributed by atoms with Gasteiger partial charge in [-0.2, -0.15) is 0 Å². The van der Waals surface area contributed by atoms with Gasteiger partial charge in [0, 0.05) is 32.0 Å². The number of likely N-dealkylation sites (tertiary alicyclic amines) is 1.